The summed E-state index contributed by atoms with van der Waals surface area (Å²) in [7, 11) is 0. The number of nitriles is 2. The molecular formula is C48H52N4O4. The maximum Gasteiger partial charge on any atom is 0.261 e. The zero-order chi connectivity index (χ0) is 39.3. The van der Waals surface area contributed by atoms with Crippen LogP contribution in [-0.4, -0.2) is 46.5 Å². The molecule has 2 aliphatic heterocycles. The average Bonchev–Trinajstić information content (AvgIpc) is 3.21. The molecule has 8 nitrogen and oxygen atoms in total. The number of imide groups is 2. The third-order valence-electron chi connectivity index (χ3n) is 12.4. The monoisotopic (exact) mass is 748 g/mol. The van der Waals surface area contributed by atoms with E-state index in [4.69, 9.17) is 10.5 Å². The third-order valence-corrected chi connectivity index (χ3v) is 12.4. The molecule has 0 saturated heterocycles. The molecule has 2 unspecified atom stereocenters. The van der Waals surface area contributed by atoms with Gasteiger partial charge in [0, 0.05) is 59.0 Å². The fourth-order valence-electron chi connectivity index (χ4n) is 9.48. The van der Waals surface area contributed by atoms with Crippen molar-refractivity contribution in [2.75, 3.05) is 13.1 Å². The van der Waals surface area contributed by atoms with Crippen LogP contribution in [0.3, 0.4) is 0 Å². The van der Waals surface area contributed by atoms with Crippen molar-refractivity contribution < 1.29 is 19.2 Å². The highest BCUT2D eigenvalue weighted by molar-refractivity contribution is 6.41. The van der Waals surface area contributed by atoms with Crippen LogP contribution >= 0.6 is 0 Å². The lowest BCUT2D eigenvalue weighted by atomic mass is 9.82. The number of hydrogen-bond acceptors (Lipinski definition) is 6. The first-order valence-electron chi connectivity index (χ1n) is 21.0. The van der Waals surface area contributed by atoms with Gasteiger partial charge in [-0.1, -0.05) is 89.5 Å². The summed E-state index contributed by atoms with van der Waals surface area (Å²) in [6.45, 7) is 5.08. The average molecular weight is 749 g/mol. The summed E-state index contributed by atoms with van der Waals surface area (Å²) in [6.07, 6.45) is 14.6. The van der Waals surface area contributed by atoms with Gasteiger partial charge in [-0.25, -0.2) is 0 Å². The first-order valence-corrected chi connectivity index (χ1v) is 21.0. The second-order valence-electron chi connectivity index (χ2n) is 16.1. The fraction of sp³-hybridized carbons (Fsp3) is 0.458. The normalized spacial score (nSPS) is 15.1. The second kappa shape index (κ2) is 17.2. The van der Waals surface area contributed by atoms with Crippen LogP contribution in [0.2, 0.25) is 0 Å². The fourth-order valence-corrected chi connectivity index (χ4v) is 9.48. The lowest BCUT2D eigenvalue weighted by Crippen LogP contribution is -2.43. The Morgan fingerprint density at radius 1 is 0.446 bits per heavy atom. The Balaban J connectivity index is 1.23. The van der Waals surface area contributed by atoms with Crippen molar-refractivity contribution >= 4 is 66.7 Å². The maximum atomic E-state index is 14.3. The van der Waals surface area contributed by atoms with Gasteiger partial charge in [-0.2, -0.15) is 10.5 Å². The topological polar surface area (TPSA) is 122 Å². The first-order chi connectivity index (χ1) is 27.3. The molecule has 0 saturated carbocycles. The molecule has 4 amide bonds. The van der Waals surface area contributed by atoms with E-state index in [1.54, 1.807) is 0 Å². The van der Waals surface area contributed by atoms with Crippen LogP contribution in [-0.2, 0) is 0 Å². The van der Waals surface area contributed by atoms with Crippen molar-refractivity contribution in [1.29, 1.82) is 10.5 Å². The Labute approximate surface area is 329 Å². The Bertz CT molecular complexity index is 2110. The molecule has 0 aromatic heterocycles. The van der Waals surface area contributed by atoms with Crippen molar-refractivity contribution in [3.8, 4) is 12.1 Å². The minimum absolute atomic E-state index is 0.203. The summed E-state index contributed by atoms with van der Waals surface area (Å²) in [5.74, 6) is -0.634. The van der Waals surface area contributed by atoms with Crippen molar-refractivity contribution in [2.24, 2.45) is 11.8 Å². The molecule has 56 heavy (non-hydrogen) atoms. The summed E-state index contributed by atoms with van der Waals surface area (Å²) < 4.78 is 0. The predicted octanol–water partition coefficient (Wildman–Crippen LogP) is 11.5. The molecule has 0 bridgehead atoms. The number of nitrogens with zero attached hydrogens (tertiary/aromatic N) is 4. The number of rotatable bonds is 20. The molecule has 0 fully saturated rings. The van der Waals surface area contributed by atoms with Gasteiger partial charge in [0.15, 0.2) is 0 Å². The van der Waals surface area contributed by atoms with Crippen LogP contribution in [0.25, 0.3) is 43.1 Å². The first kappa shape index (κ1) is 38.9. The van der Waals surface area contributed by atoms with Crippen LogP contribution < -0.4 is 0 Å². The molecule has 0 aliphatic carbocycles. The summed E-state index contributed by atoms with van der Waals surface area (Å²) in [5, 5.41) is 24.5. The van der Waals surface area contributed by atoms with Gasteiger partial charge in [0.05, 0.1) is 12.1 Å². The van der Waals surface area contributed by atoms with E-state index in [1.807, 2.05) is 48.5 Å². The van der Waals surface area contributed by atoms with E-state index in [9.17, 15) is 19.2 Å². The van der Waals surface area contributed by atoms with Gasteiger partial charge < -0.3 is 0 Å². The molecule has 5 aromatic carbocycles. The zero-order valence-electron chi connectivity index (χ0n) is 32.9. The lowest BCUT2D eigenvalue weighted by molar-refractivity contribution is 0.0563. The van der Waals surface area contributed by atoms with E-state index in [1.165, 1.54) is 9.80 Å². The number of benzene rings is 5. The quantitative estimate of drug-likeness (QED) is 0.0338. The summed E-state index contributed by atoms with van der Waals surface area (Å²) >= 11 is 0. The predicted molar refractivity (Wildman–Crippen MR) is 222 cm³/mol. The van der Waals surface area contributed by atoms with Gasteiger partial charge in [0.2, 0.25) is 0 Å². The minimum Gasteiger partial charge on any atom is -0.274 e. The highest BCUT2D eigenvalue weighted by Crippen LogP contribution is 2.46. The standard InChI is InChI=1S/C48H52N4O4/c1-3-5-15-31(17-11-7-9-13-27-49)29-51-45(53)37-23-19-33-35-21-25-39-44-40(26-22-36(42(35)44)34-20-24-38(46(51)54)43(37)41(33)34)48(56)52(47(39)55)30-32(16-6-4-2)18-12-8-10-14-28-50/h19-26,31-32H,3-18,29-30H2,1-2H3. The highest BCUT2D eigenvalue weighted by Gasteiger charge is 2.38. The number of amides is 4. The van der Waals surface area contributed by atoms with Crippen LogP contribution in [0.1, 0.15) is 158 Å². The van der Waals surface area contributed by atoms with Crippen molar-refractivity contribution in [3.05, 3.63) is 70.8 Å². The van der Waals surface area contributed by atoms with Crippen LogP contribution in [0.15, 0.2) is 48.5 Å². The van der Waals surface area contributed by atoms with Crippen LogP contribution in [0, 0.1) is 34.5 Å². The zero-order valence-corrected chi connectivity index (χ0v) is 32.9. The maximum absolute atomic E-state index is 14.3. The second-order valence-corrected chi connectivity index (χ2v) is 16.1. The van der Waals surface area contributed by atoms with Crippen LogP contribution in [0.5, 0.6) is 0 Å². The summed E-state index contributed by atoms with van der Waals surface area (Å²) in [5.41, 5.74) is 2.12. The van der Waals surface area contributed by atoms with E-state index in [0.29, 0.717) is 59.0 Å². The molecule has 0 spiro atoms. The molecule has 5 aromatic rings. The number of unbranched alkanes of at least 4 members (excludes halogenated alkanes) is 8. The highest BCUT2D eigenvalue weighted by atomic mass is 16.2. The third kappa shape index (κ3) is 7.11. The minimum atomic E-state index is -0.260. The lowest BCUT2D eigenvalue weighted by Gasteiger charge is -2.32. The molecular weight excluding hydrogens is 697 g/mol. The van der Waals surface area contributed by atoms with Crippen LogP contribution in [0.4, 0.5) is 0 Å². The van der Waals surface area contributed by atoms with E-state index in [2.05, 4.69) is 26.0 Å². The molecule has 7 rings (SSSR count). The summed E-state index contributed by atoms with van der Waals surface area (Å²) in [4.78, 5) is 59.9. The van der Waals surface area contributed by atoms with E-state index in [-0.39, 0.29) is 35.5 Å². The Kier molecular flexibility index (Phi) is 12.0. The molecule has 8 heteroatoms. The Morgan fingerprint density at radius 2 is 0.768 bits per heavy atom. The van der Waals surface area contributed by atoms with Crippen molar-refractivity contribution in [2.45, 2.75) is 117 Å². The Morgan fingerprint density at radius 3 is 1.07 bits per heavy atom. The summed E-state index contributed by atoms with van der Waals surface area (Å²) in [6, 6.07) is 19.7. The molecule has 288 valence electrons. The van der Waals surface area contributed by atoms with E-state index in [0.717, 1.165) is 122 Å². The van der Waals surface area contributed by atoms with E-state index < -0.39 is 0 Å². The smallest absolute Gasteiger partial charge is 0.261 e. The Hall–Kier alpha value is -5.34. The van der Waals surface area contributed by atoms with Gasteiger partial charge in [-0.15, -0.1) is 0 Å². The van der Waals surface area contributed by atoms with Crippen molar-refractivity contribution in [3.63, 3.8) is 0 Å². The van der Waals surface area contributed by atoms with Gasteiger partial charge in [-0.3, -0.25) is 29.0 Å². The largest absolute Gasteiger partial charge is 0.274 e. The van der Waals surface area contributed by atoms with E-state index >= 15 is 0 Å². The number of fused-ring (bicyclic) bond motifs is 2. The number of carbonyl (C=O) groups is 4. The molecule has 2 atom stereocenters. The van der Waals surface area contributed by atoms with Gasteiger partial charge in [-0.05, 0) is 107 Å². The van der Waals surface area contributed by atoms with Gasteiger partial charge >= 0.3 is 0 Å². The number of hydrogen-bond donors (Lipinski definition) is 0. The SMILES string of the molecule is CCCCC(CCCCCC#N)CN1C(=O)c2ccc3c4ccc5c6c(ccc(c7ccc(c2c37)C1=O)c64)C(=O)N(CC(CCCC)CCCCCC#N)C5=O. The van der Waals surface area contributed by atoms with Gasteiger partial charge in [0.25, 0.3) is 23.6 Å². The molecule has 0 N–H and O–H groups in total. The number of carbonyl (C=O) groups excluding carboxylic acids is 4. The molecule has 2 aliphatic rings. The molecule has 0 radical (unpaired) electrons. The molecule has 2 heterocycles. The van der Waals surface area contributed by atoms with Crippen molar-refractivity contribution in [1.82, 2.24) is 9.80 Å². The van der Waals surface area contributed by atoms with Gasteiger partial charge in [0.1, 0.15) is 0 Å².